The Balaban J connectivity index is 1.61. The summed E-state index contributed by atoms with van der Waals surface area (Å²) in [6.07, 6.45) is 8.86. The average Bonchev–Trinajstić information content (AvgIpc) is 2.81. The van der Waals surface area contributed by atoms with Crippen LogP contribution in [0.25, 0.3) is 0 Å². The van der Waals surface area contributed by atoms with Crippen LogP contribution in [0.1, 0.15) is 72.1 Å². The fraction of sp³-hybridized carbons (Fsp3) is 0.900. The molecule has 6 atom stereocenters. The Labute approximate surface area is 145 Å². The summed E-state index contributed by atoms with van der Waals surface area (Å²) in [4.78, 5) is 23.2. The van der Waals surface area contributed by atoms with Crippen molar-refractivity contribution in [3.05, 3.63) is 0 Å². The molecular weight excluding hydrogens is 304 g/mol. The van der Waals surface area contributed by atoms with Gasteiger partial charge in [0.1, 0.15) is 6.10 Å². The molecule has 0 heterocycles. The van der Waals surface area contributed by atoms with Gasteiger partial charge in [0.2, 0.25) is 0 Å². The first-order valence-electron chi connectivity index (χ1n) is 9.75. The number of carbonyl (C=O) groups excluding carboxylic acids is 2. The first kappa shape index (κ1) is 17.8. The van der Waals surface area contributed by atoms with Crippen molar-refractivity contribution >= 4 is 11.9 Å². The van der Waals surface area contributed by atoms with Crippen LogP contribution in [0.2, 0.25) is 0 Å². The third-order valence-electron chi connectivity index (χ3n) is 7.05. The molecule has 0 spiro atoms. The van der Waals surface area contributed by atoms with Gasteiger partial charge in [-0.25, -0.2) is 0 Å². The van der Waals surface area contributed by atoms with E-state index >= 15 is 0 Å². The highest BCUT2D eigenvalue weighted by Gasteiger charge is 2.54. The highest BCUT2D eigenvalue weighted by atomic mass is 16.5. The highest BCUT2D eigenvalue weighted by molar-refractivity contribution is 5.69. The standard InChI is InChI=1S/C20H32O4/c1-4-23-19(22)10-14-5-6-15-12-20(3)17(11-16(15)9-14)7-8-18(20)24-13(2)21/h14-18H,4-12H2,1-3H3/t14-,15-,16-,17+,18+,20+/m1/s1. The Morgan fingerprint density at radius 3 is 2.58 bits per heavy atom. The monoisotopic (exact) mass is 336 g/mol. The summed E-state index contributed by atoms with van der Waals surface area (Å²) in [5, 5.41) is 0. The molecule has 0 radical (unpaired) electrons. The SMILES string of the molecule is CCOC(=O)C[C@@H]1CC[C@@H]2C[C@@]3(C)[C@@H](CC[C@@H]3OC(C)=O)C[C@H]2C1. The smallest absolute Gasteiger partial charge is 0.306 e. The molecule has 24 heavy (non-hydrogen) atoms. The molecule has 0 aromatic carbocycles. The third kappa shape index (κ3) is 3.48. The molecular formula is C20H32O4. The summed E-state index contributed by atoms with van der Waals surface area (Å²) in [7, 11) is 0. The minimum Gasteiger partial charge on any atom is -0.466 e. The van der Waals surface area contributed by atoms with Crippen molar-refractivity contribution in [2.45, 2.75) is 78.2 Å². The van der Waals surface area contributed by atoms with Gasteiger partial charge in [-0.2, -0.15) is 0 Å². The summed E-state index contributed by atoms with van der Waals surface area (Å²) in [6.45, 7) is 6.23. The lowest BCUT2D eigenvalue weighted by molar-refractivity contribution is -0.155. The van der Waals surface area contributed by atoms with Crippen molar-refractivity contribution in [3.63, 3.8) is 0 Å². The van der Waals surface area contributed by atoms with E-state index in [0.29, 0.717) is 24.9 Å². The van der Waals surface area contributed by atoms with Crippen molar-refractivity contribution in [3.8, 4) is 0 Å². The van der Waals surface area contributed by atoms with E-state index in [0.717, 1.165) is 24.7 Å². The molecule has 0 aromatic heterocycles. The Morgan fingerprint density at radius 1 is 1.08 bits per heavy atom. The van der Waals surface area contributed by atoms with Gasteiger partial charge in [-0.05, 0) is 75.5 Å². The molecule has 0 amide bonds. The lowest BCUT2D eigenvalue weighted by Crippen LogP contribution is -2.45. The van der Waals surface area contributed by atoms with Crippen LogP contribution in [0, 0.1) is 29.1 Å². The van der Waals surface area contributed by atoms with E-state index in [1.54, 1.807) is 0 Å². The van der Waals surface area contributed by atoms with E-state index in [4.69, 9.17) is 9.47 Å². The Morgan fingerprint density at radius 2 is 1.88 bits per heavy atom. The fourth-order valence-corrected chi connectivity index (χ4v) is 5.91. The van der Waals surface area contributed by atoms with Crippen LogP contribution in [0.5, 0.6) is 0 Å². The van der Waals surface area contributed by atoms with E-state index in [9.17, 15) is 9.59 Å². The van der Waals surface area contributed by atoms with Gasteiger partial charge in [0.25, 0.3) is 0 Å². The normalized spacial score (nSPS) is 41.2. The molecule has 0 aliphatic heterocycles. The number of rotatable bonds is 4. The van der Waals surface area contributed by atoms with E-state index < -0.39 is 0 Å². The summed E-state index contributed by atoms with van der Waals surface area (Å²) < 4.78 is 10.8. The molecule has 0 unspecified atom stereocenters. The van der Waals surface area contributed by atoms with Crippen molar-refractivity contribution in [1.29, 1.82) is 0 Å². The van der Waals surface area contributed by atoms with Gasteiger partial charge in [-0.3, -0.25) is 9.59 Å². The first-order valence-corrected chi connectivity index (χ1v) is 9.75. The summed E-state index contributed by atoms with van der Waals surface area (Å²) in [5.41, 5.74) is 0.167. The molecule has 0 aromatic rings. The van der Waals surface area contributed by atoms with Gasteiger partial charge >= 0.3 is 11.9 Å². The molecule has 3 saturated carbocycles. The van der Waals surface area contributed by atoms with Gasteiger partial charge in [0.05, 0.1) is 6.61 Å². The number of esters is 2. The van der Waals surface area contributed by atoms with Crippen molar-refractivity contribution in [2.24, 2.45) is 29.1 Å². The topological polar surface area (TPSA) is 52.6 Å². The number of hydrogen-bond acceptors (Lipinski definition) is 4. The predicted molar refractivity (Wildman–Crippen MR) is 91.2 cm³/mol. The Hall–Kier alpha value is -1.06. The van der Waals surface area contributed by atoms with Crippen LogP contribution in [0.3, 0.4) is 0 Å². The van der Waals surface area contributed by atoms with Gasteiger partial charge < -0.3 is 9.47 Å². The van der Waals surface area contributed by atoms with E-state index in [1.807, 2.05) is 6.92 Å². The van der Waals surface area contributed by atoms with Crippen LogP contribution in [-0.4, -0.2) is 24.6 Å². The van der Waals surface area contributed by atoms with Gasteiger partial charge in [-0.15, -0.1) is 0 Å². The minimum absolute atomic E-state index is 0.0302. The van der Waals surface area contributed by atoms with Crippen molar-refractivity contribution in [1.82, 2.24) is 0 Å². The quantitative estimate of drug-likeness (QED) is 0.725. The zero-order chi connectivity index (χ0) is 17.3. The lowest BCUT2D eigenvalue weighted by atomic mass is 9.56. The number of carbonyl (C=O) groups is 2. The van der Waals surface area contributed by atoms with E-state index in [1.165, 1.54) is 39.0 Å². The van der Waals surface area contributed by atoms with Crippen LogP contribution in [0.15, 0.2) is 0 Å². The van der Waals surface area contributed by atoms with Gasteiger partial charge in [-0.1, -0.05) is 6.92 Å². The second kappa shape index (κ2) is 7.05. The molecule has 3 aliphatic carbocycles. The molecule has 3 rings (SSSR count). The molecule has 0 bridgehead atoms. The molecule has 4 nitrogen and oxygen atoms in total. The maximum absolute atomic E-state index is 11.8. The van der Waals surface area contributed by atoms with E-state index in [-0.39, 0.29) is 23.5 Å². The van der Waals surface area contributed by atoms with Crippen LogP contribution in [-0.2, 0) is 19.1 Å². The number of hydrogen-bond donors (Lipinski definition) is 0. The van der Waals surface area contributed by atoms with Crippen molar-refractivity contribution < 1.29 is 19.1 Å². The highest BCUT2D eigenvalue weighted by Crippen LogP contribution is 2.59. The zero-order valence-electron chi connectivity index (χ0n) is 15.4. The van der Waals surface area contributed by atoms with E-state index in [2.05, 4.69) is 6.92 Å². The molecule has 136 valence electrons. The molecule has 3 fully saturated rings. The summed E-state index contributed by atoms with van der Waals surface area (Å²) >= 11 is 0. The Kier molecular flexibility index (Phi) is 5.22. The van der Waals surface area contributed by atoms with Crippen molar-refractivity contribution in [2.75, 3.05) is 6.61 Å². The molecule has 4 heteroatoms. The second-order valence-corrected chi connectivity index (χ2v) is 8.53. The molecule has 3 aliphatic rings. The maximum atomic E-state index is 11.8. The molecule has 0 saturated heterocycles. The minimum atomic E-state index is -0.137. The van der Waals surface area contributed by atoms with Crippen LogP contribution < -0.4 is 0 Å². The zero-order valence-corrected chi connectivity index (χ0v) is 15.4. The number of ether oxygens (including phenoxy) is 2. The first-order chi connectivity index (χ1) is 11.4. The maximum Gasteiger partial charge on any atom is 0.306 e. The van der Waals surface area contributed by atoms with Crippen LogP contribution in [0.4, 0.5) is 0 Å². The third-order valence-corrected chi connectivity index (χ3v) is 7.05. The Bertz CT molecular complexity index is 488. The summed E-state index contributed by atoms with van der Waals surface area (Å²) in [6, 6.07) is 0. The van der Waals surface area contributed by atoms with Crippen LogP contribution >= 0.6 is 0 Å². The summed E-state index contributed by atoms with van der Waals surface area (Å²) in [5.74, 6) is 2.48. The predicted octanol–water partition coefficient (Wildman–Crippen LogP) is 4.11. The molecule has 0 N–H and O–H groups in total. The van der Waals surface area contributed by atoms with Gasteiger partial charge in [0.15, 0.2) is 0 Å². The second-order valence-electron chi connectivity index (χ2n) is 8.53. The number of fused-ring (bicyclic) bond motifs is 2. The largest absolute Gasteiger partial charge is 0.466 e. The fourth-order valence-electron chi connectivity index (χ4n) is 5.91. The van der Waals surface area contributed by atoms with Gasteiger partial charge in [0, 0.05) is 18.8 Å². The lowest BCUT2D eigenvalue weighted by Gasteiger charge is -2.50. The average molecular weight is 336 g/mol.